The summed E-state index contributed by atoms with van der Waals surface area (Å²) in [4.78, 5) is 29.6. The predicted octanol–water partition coefficient (Wildman–Crippen LogP) is 4.54. The van der Waals surface area contributed by atoms with E-state index in [2.05, 4.69) is 4.98 Å². The molecule has 0 aliphatic rings. The molecule has 2 aromatic carbocycles. The quantitative estimate of drug-likeness (QED) is 0.356. The van der Waals surface area contributed by atoms with Crippen molar-refractivity contribution in [2.45, 2.75) is 26.5 Å². The van der Waals surface area contributed by atoms with E-state index in [-0.39, 0.29) is 35.0 Å². The first-order valence-electron chi connectivity index (χ1n) is 11.6. The fraction of sp³-hybridized carbons (Fsp3) is 0.250. The molecule has 0 saturated heterocycles. The van der Waals surface area contributed by atoms with Crippen LogP contribution in [0.2, 0.25) is 0 Å². The van der Waals surface area contributed by atoms with E-state index in [1.165, 1.54) is 13.3 Å². The lowest BCUT2D eigenvalue weighted by Gasteiger charge is -2.24. The van der Waals surface area contributed by atoms with Gasteiger partial charge in [-0.2, -0.15) is 4.98 Å². The molecule has 0 radical (unpaired) electrons. The summed E-state index contributed by atoms with van der Waals surface area (Å²) in [5.41, 5.74) is 1.45. The summed E-state index contributed by atoms with van der Waals surface area (Å²) in [6.07, 6.45) is 1.25. The lowest BCUT2D eigenvalue weighted by Crippen LogP contribution is -2.26. The number of ether oxygens (including phenoxy) is 2. The Hall–Kier alpha value is -4.17. The van der Waals surface area contributed by atoms with E-state index in [9.17, 15) is 19.8 Å². The van der Waals surface area contributed by atoms with E-state index in [1.807, 2.05) is 68.4 Å². The van der Waals surface area contributed by atoms with Crippen molar-refractivity contribution in [2.75, 3.05) is 13.7 Å². The maximum atomic E-state index is 13.2. The van der Waals surface area contributed by atoms with Crippen LogP contribution in [0.3, 0.4) is 0 Å². The summed E-state index contributed by atoms with van der Waals surface area (Å²) >= 11 is 0. The zero-order valence-corrected chi connectivity index (χ0v) is 20.3. The monoisotopic (exact) mass is 488 g/mol. The number of aromatic nitrogens is 2. The fourth-order valence-corrected chi connectivity index (χ4v) is 4.14. The zero-order chi connectivity index (χ0) is 25.8. The molecule has 0 aliphatic heterocycles. The van der Waals surface area contributed by atoms with E-state index in [4.69, 9.17) is 9.47 Å². The number of hydrogen-bond acceptors (Lipinski definition) is 6. The molecular formula is C28H28N2O6. The Morgan fingerprint density at radius 2 is 1.83 bits per heavy atom. The minimum absolute atomic E-state index is 0.0479. The Labute approximate surface area is 208 Å². The van der Waals surface area contributed by atoms with E-state index >= 15 is 0 Å². The van der Waals surface area contributed by atoms with Crippen LogP contribution in [0.5, 0.6) is 11.6 Å². The Morgan fingerprint density at radius 3 is 2.47 bits per heavy atom. The Bertz CT molecular complexity index is 1450. The molecule has 2 heterocycles. The third-order valence-corrected chi connectivity index (χ3v) is 6.10. The average Bonchev–Trinajstić information content (AvgIpc) is 2.88. The molecule has 0 fully saturated rings. The highest BCUT2D eigenvalue weighted by Crippen LogP contribution is 2.34. The molecule has 186 valence electrons. The highest BCUT2D eigenvalue weighted by atomic mass is 16.5. The maximum Gasteiger partial charge on any atom is 0.341 e. The molecule has 4 rings (SSSR count). The predicted molar refractivity (Wildman–Crippen MR) is 137 cm³/mol. The summed E-state index contributed by atoms with van der Waals surface area (Å²) in [6.45, 7) is 3.94. The van der Waals surface area contributed by atoms with Gasteiger partial charge in [0.2, 0.25) is 11.3 Å². The van der Waals surface area contributed by atoms with Gasteiger partial charge in [-0.1, -0.05) is 56.3 Å². The van der Waals surface area contributed by atoms with Gasteiger partial charge in [0.1, 0.15) is 23.6 Å². The summed E-state index contributed by atoms with van der Waals surface area (Å²) in [5, 5.41) is 19.8. The lowest BCUT2D eigenvalue weighted by atomic mass is 10.0. The molecule has 8 heteroatoms. The van der Waals surface area contributed by atoms with Gasteiger partial charge < -0.3 is 24.3 Å². The minimum Gasteiger partial charge on any atom is -0.489 e. The van der Waals surface area contributed by atoms with Gasteiger partial charge >= 0.3 is 5.97 Å². The van der Waals surface area contributed by atoms with Crippen molar-refractivity contribution in [3.05, 3.63) is 88.2 Å². The van der Waals surface area contributed by atoms with Crippen molar-refractivity contribution < 1.29 is 24.5 Å². The molecule has 0 unspecified atom stereocenters. The van der Waals surface area contributed by atoms with Gasteiger partial charge in [0.05, 0.1) is 25.1 Å². The summed E-state index contributed by atoms with van der Waals surface area (Å²) < 4.78 is 13.1. The molecule has 8 nitrogen and oxygen atoms in total. The van der Waals surface area contributed by atoms with Crippen LogP contribution >= 0.6 is 0 Å². The van der Waals surface area contributed by atoms with Gasteiger partial charge in [-0.25, -0.2) is 4.79 Å². The van der Waals surface area contributed by atoms with Crippen LogP contribution < -0.4 is 14.9 Å². The van der Waals surface area contributed by atoms with Gasteiger partial charge in [-0.15, -0.1) is 0 Å². The SMILES string of the molecule is COc1nc2c(cc1-c1cccc(OCc3ccccc3)c1)c(=O)c(C(=O)O)cn2[C@H](CO)C(C)C. The van der Waals surface area contributed by atoms with Gasteiger partial charge in [-0.05, 0) is 35.2 Å². The number of benzene rings is 2. The second-order valence-corrected chi connectivity index (χ2v) is 8.80. The van der Waals surface area contributed by atoms with Crippen molar-refractivity contribution >= 4 is 17.0 Å². The topological polar surface area (TPSA) is 111 Å². The smallest absolute Gasteiger partial charge is 0.341 e. The fourth-order valence-electron chi connectivity index (χ4n) is 4.14. The third kappa shape index (κ3) is 4.94. The maximum absolute atomic E-state index is 13.2. The first kappa shape index (κ1) is 24.9. The Kier molecular flexibility index (Phi) is 7.36. The van der Waals surface area contributed by atoms with Crippen LogP contribution in [0.4, 0.5) is 0 Å². The standard InChI is InChI=1S/C28H28N2O6/c1-17(2)24(15-31)30-14-23(28(33)34)25(32)22-13-21(27(35-3)29-26(22)30)19-10-7-11-20(12-19)36-16-18-8-5-4-6-9-18/h4-14,17,24,31H,15-16H2,1-3H3,(H,33,34)/t24-/m1/s1. The Balaban J connectivity index is 1.86. The number of methoxy groups -OCH3 is 1. The van der Waals surface area contributed by atoms with Gasteiger partial charge in [0, 0.05) is 11.8 Å². The molecule has 0 saturated carbocycles. The lowest BCUT2D eigenvalue weighted by molar-refractivity contribution is 0.0694. The number of carboxylic acid groups (broad SMARTS) is 1. The van der Waals surface area contributed by atoms with Crippen LogP contribution in [0.15, 0.2) is 71.7 Å². The highest BCUT2D eigenvalue weighted by molar-refractivity contribution is 5.93. The summed E-state index contributed by atoms with van der Waals surface area (Å²) in [5.74, 6) is -0.507. The largest absolute Gasteiger partial charge is 0.489 e. The summed E-state index contributed by atoms with van der Waals surface area (Å²) in [7, 11) is 1.48. The van der Waals surface area contributed by atoms with Crippen molar-refractivity contribution in [2.24, 2.45) is 5.92 Å². The number of aromatic carboxylic acids is 1. The highest BCUT2D eigenvalue weighted by Gasteiger charge is 2.24. The van der Waals surface area contributed by atoms with Crippen molar-refractivity contribution in [3.8, 4) is 22.8 Å². The number of fused-ring (bicyclic) bond motifs is 1. The molecule has 0 aliphatic carbocycles. The van der Waals surface area contributed by atoms with Crippen LogP contribution in [-0.4, -0.2) is 39.5 Å². The van der Waals surface area contributed by atoms with E-state index in [0.29, 0.717) is 23.5 Å². The van der Waals surface area contributed by atoms with E-state index in [0.717, 1.165) is 5.56 Å². The second-order valence-electron chi connectivity index (χ2n) is 8.80. The number of nitrogens with zero attached hydrogens (tertiary/aromatic N) is 2. The number of aliphatic hydroxyl groups is 1. The molecule has 36 heavy (non-hydrogen) atoms. The number of aliphatic hydroxyl groups excluding tert-OH is 1. The molecule has 0 spiro atoms. The van der Waals surface area contributed by atoms with E-state index in [1.54, 1.807) is 10.6 Å². The normalized spacial score (nSPS) is 12.0. The number of carbonyl (C=O) groups is 1. The van der Waals surface area contributed by atoms with Crippen LogP contribution in [0.1, 0.15) is 35.8 Å². The van der Waals surface area contributed by atoms with Gasteiger partial charge in [-0.3, -0.25) is 4.79 Å². The van der Waals surface area contributed by atoms with Crippen molar-refractivity contribution in [3.63, 3.8) is 0 Å². The van der Waals surface area contributed by atoms with Crippen molar-refractivity contribution in [1.82, 2.24) is 9.55 Å². The zero-order valence-electron chi connectivity index (χ0n) is 20.3. The van der Waals surface area contributed by atoms with Crippen molar-refractivity contribution in [1.29, 1.82) is 0 Å². The van der Waals surface area contributed by atoms with Gasteiger partial charge in [0.15, 0.2) is 0 Å². The average molecular weight is 489 g/mol. The Morgan fingerprint density at radius 1 is 1.08 bits per heavy atom. The molecule has 0 bridgehead atoms. The first-order chi connectivity index (χ1) is 17.3. The van der Waals surface area contributed by atoms with Crippen LogP contribution in [0, 0.1) is 5.92 Å². The first-order valence-corrected chi connectivity index (χ1v) is 11.6. The summed E-state index contributed by atoms with van der Waals surface area (Å²) in [6, 6.07) is 18.2. The molecule has 1 atom stereocenters. The molecular weight excluding hydrogens is 460 g/mol. The van der Waals surface area contributed by atoms with Gasteiger partial charge in [0.25, 0.3) is 0 Å². The number of pyridine rings is 2. The third-order valence-electron chi connectivity index (χ3n) is 6.10. The number of rotatable bonds is 9. The van der Waals surface area contributed by atoms with E-state index < -0.39 is 17.4 Å². The van der Waals surface area contributed by atoms with Crippen LogP contribution in [0.25, 0.3) is 22.2 Å². The minimum atomic E-state index is -1.34. The molecule has 4 aromatic rings. The number of hydrogen-bond donors (Lipinski definition) is 2. The van der Waals surface area contributed by atoms with Crippen LogP contribution in [-0.2, 0) is 6.61 Å². The number of carboxylic acids is 1. The molecule has 0 amide bonds. The molecule has 2 N–H and O–H groups in total. The second kappa shape index (κ2) is 10.6. The molecule has 2 aromatic heterocycles.